The normalized spacial score (nSPS) is 11.2. The van der Waals surface area contributed by atoms with Crippen LogP contribution in [-0.4, -0.2) is 58.8 Å². The minimum Gasteiger partial charge on any atom is -0.369 e. The van der Waals surface area contributed by atoms with Crippen molar-refractivity contribution in [3.05, 3.63) is 42.2 Å². The summed E-state index contributed by atoms with van der Waals surface area (Å²) >= 11 is 0. The van der Waals surface area contributed by atoms with E-state index in [2.05, 4.69) is 74.2 Å². The quantitative estimate of drug-likeness (QED) is 0.519. The molecule has 0 atom stereocenters. The number of anilines is 2. The average Bonchev–Trinajstić information content (AvgIpc) is 3.02. The Morgan fingerprint density at radius 1 is 1.12 bits per heavy atom. The van der Waals surface area contributed by atoms with Crippen molar-refractivity contribution in [3.8, 4) is 0 Å². The van der Waals surface area contributed by atoms with E-state index in [0.29, 0.717) is 5.95 Å². The average molecular weight is 339 g/mol. The lowest BCUT2D eigenvalue weighted by Crippen LogP contribution is -2.17. The Morgan fingerprint density at radius 2 is 2.00 bits per heavy atom. The molecule has 0 saturated heterocycles. The van der Waals surface area contributed by atoms with Crippen LogP contribution in [0.15, 0.2) is 36.7 Å². The lowest BCUT2D eigenvalue weighted by molar-refractivity contribution is 0.405. The van der Waals surface area contributed by atoms with E-state index in [0.717, 1.165) is 38.3 Å². The number of nitrogens with one attached hydrogen (secondary N) is 3. The van der Waals surface area contributed by atoms with Crippen molar-refractivity contribution in [2.75, 3.05) is 44.4 Å². The zero-order valence-corrected chi connectivity index (χ0v) is 14.8. The van der Waals surface area contributed by atoms with E-state index in [-0.39, 0.29) is 0 Å². The van der Waals surface area contributed by atoms with Crippen LogP contribution in [0.3, 0.4) is 0 Å². The van der Waals surface area contributed by atoms with Crippen LogP contribution in [0, 0.1) is 0 Å². The van der Waals surface area contributed by atoms with Gasteiger partial charge in [0, 0.05) is 30.2 Å². The molecule has 0 aliphatic heterocycles. The molecule has 3 N–H and O–H groups in total. The highest BCUT2D eigenvalue weighted by Gasteiger charge is 2.04. The van der Waals surface area contributed by atoms with Crippen molar-refractivity contribution in [1.29, 1.82) is 0 Å². The summed E-state index contributed by atoms with van der Waals surface area (Å²) in [5.74, 6) is 1.31. The van der Waals surface area contributed by atoms with Gasteiger partial charge in [0.2, 0.25) is 5.95 Å². The van der Waals surface area contributed by atoms with Gasteiger partial charge in [0.05, 0.1) is 6.20 Å². The van der Waals surface area contributed by atoms with E-state index in [9.17, 15) is 0 Å². The van der Waals surface area contributed by atoms with Gasteiger partial charge >= 0.3 is 0 Å². The largest absolute Gasteiger partial charge is 0.369 e. The number of hydrogen-bond acceptors (Lipinski definition) is 6. The molecular weight excluding hydrogens is 314 g/mol. The maximum absolute atomic E-state index is 4.45. The fourth-order valence-corrected chi connectivity index (χ4v) is 2.72. The second-order valence-electron chi connectivity index (χ2n) is 6.29. The standard InChI is InChI=1S/C18H25N7/c1-25(2)11-5-9-19-17-13-22-24-18(23-17)20-10-8-14-12-21-16-7-4-3-6-15(14)16/h3-4,6-7,12-13,21H,5,8-11H2,1-2H3,(H2,19,20,23,24). The highest BCUT2D eigenvalue weighted by Crippen LogP contribution is 2.18. The topological polar surface area (TPSA) is 81.8 Å². The first-order chi connectivity index (χ1) is 12.2. The van der Waals surface area contributed by atoms with Crippen LogP contribution in [-0.2, 0) is 6.42 Å². The van der Waals surface area contributed by atoms with E-state index >= 15 is 0 Å². The smallest absolute Gasteiger partial charge is 0.244 e. The van der Waals surface area contributed by atoms with Gasteiger partial charge in [0.25, 0.3) is 0 Å². The number of aromatic nitrogens is 4. The maximum atomic E-state index is 4.45. The van der Waals surface area contributed by atoms with Crippen LogP contribution in [0.5, 0.6) is 0 Å². The molecule has 0 bridgehead atoms. The molecule has 0 aliphatic carbocycles. The van der Waals surface area contributed by atoms with Gasteiger partial charge in [-0.25, -0.2) is 0 Å². The molecule has 2 heterocycles. The lowest BCUT2D eigenvalue weighted by atomic mass is 10.1. The van der Waals surface area contributed by atoms with Gasteiger partial charge < -0.3 is 20.5 Å². The van der Waals surface area contributed by atoms with Crippen molar-refractivity contribution in [3.63, 3.8) is 0 Å². The minimum absolute atomic E-state index is 0.553. The molecular formula is C18H25N7. The minimum atomic E-state index is 0.553. The Hall–Kier alpha value is -2.67. The van der Waals surface area contributed by atoms with Crippen molar-refractivity contribution in [2.24, 2.45) is 0 Å². The highest BCUT2D eigenvalue weighted by atomic mass is 15.3. The molecule has 7 heteroatoms. The molecule has 0 fully saturated rings. The van der Waals surface area contributed by atoms with E-state index in [4.69, 9.17) is 0 Å². The van der Waals surface area contributed by atoms with Gasteiger partial charge in [-0.2, -0.15) is 10.1 Å². The van der Waals surface area contributed by atoms with Crippen molar-refractivity contribution in [1.82, 2.24) is 25.1 Å². The summed E-state index contributed by atoms with van der Waals surface area (Å²) in [7, 11) is 4.14. The Balaban J connectivity index is 1.49. The summed E-state index contributed by atoms with van der Waals surface area (Å²) in [4.78, 5) is 9.92. The molecule has 132 valence electrons. The Bertz CT molecular complexity index is 797. The third-order valence-corrected chi connectivity index (χ3v) is 4.00. The lowest BCUT2D eigenvalue weighted by Gasteiger charge is -2.10. The molecule has 0 amide bonds. The molecule has 0 saturated carbocycles. The van der Waals surface area contributed by atoms with Gasteiger partial charge in [-0.15, -0.1) is 5.10 Å². The number of nitrogens with zero attached hydrogens (tertiary/aromatic N) is 4. The van der Waals surface area contributed by atoms with Crippen LogP contribution in [0.2, 0.25) is 0 Å². The van der Waals surface area contributed by atoms with Crippen LogP contribution < -0.4 is 10.6 Å². The monoisotopic (exact) mass is 339 g/mol. The SMILES string of the molecule is CN(C)CCCNc1cnnc(NCCc2c[nH]c3ccccc23)n1. The highest BCUT2D eigenvalue weighted by molar-refractivity contribution is 5.83. The van der Waals surface area contributed by atoms with Crippen molar-refractivity contribution >= 4 is 22.7 Å². The molecule has 2 aromatic heterocycles. The molecule has 0 spiro atoms. The second-order valence-corrected chi connectivity index (χ2v) is 6.29. The van der Waals surface area contributed by atoms with Crippen LogP contribution >= 0.6 is 0 Å². The molecule has 1 aromatic carbocycles. The fourth-order valence-electron chi connectivity index (χ4n) is 2.72. The fraction of sp³-hybridized carbons (Fsp3) is 0.389. The maximum Gasteiger partial charge on any atom is 0.244 e. The van der Waals surface area contributed by atoms with Gasteiger partial charge in [0.15, 0.2) is 5.82 Å². The van der Waals surface area contributed by atoms with Gasteiger partial charge in [0.1, 0.15) is 0 Å². The number of para-hydroxylation sites is 1. The van der Waals surface area contributed by atoms with Crippen molar-refractivity contribution in [2.45, 2.75) is 12.8 Å². The summed E-state index contributed by atoms with van der Waals surface area (Å²) in [5.41, 5.74) is 2.45. The first-order valence-corrected chi connectivity index (χ1v) is 8.59. The van der Waals surface area contributed by atoms with Crippen LogP contribution in [0.25, 0.3) is 10.9 Å². The Morgan fingerprint density at radius 3 is 2.88 bits per heavy atom. The molecule has 0 unspecified atom stereocenters. The zero-order valence-electron chi connectivity index (χ0n) is 14.8. The summed E-state index contributed by atoms with van der Waals surface area (Å²) in [6.07, 6.45) is 5.67. The van der Waals surface area contributed by atoms with Crippen LogP contribution in [0.4, 0.5) is 11.8 Å². The number of H-pyrrole nitrogens is 1. The van der Waals surface area contributed by atoms with Crippen molar-refractivity contribution < 1.29 is 0 Å². The van der Waals surface area contributed by atoms with E-state index in [1.165, 1.54) is 16.5 Å². The molecule has 7 nitrogen and oxygen atoms in total. The summed E-state index contributed by atoms with van der Waals surface area (Å²) in [6.45, 7) is 2.67. The second kappa shape index (κ2) is 8.43. The molecule has 3 aromatic rings. The third-order valence-electron chi connectivity index (χ3n) is 4.00. The summed E-state index contributed by atoms with van der Waals surface area (Å²) in [6, 6.07) is 8.32. The van der Waals surface area contributed by atoms with E-state index < -0.39 is 0 Å². The first kappa shape index (κ1) is 17.2. The molecule has 3 rings (SSSR count). The van der Waals surface area contributed by atoms with E-state index in [1.807, 2.05) is 6.07 Å². The third kappa shape index (κ3) is 4.90. The van der Waals surface area contributed by atoms with E-state index in [1.54, 1.807) is 6.20 Å². The van der Waals surface area contributed by atoms with Gasteiger partial charge in [-0.3, -0.25) is 0 Å². The number of aromatic amines is 1. The predicted octanol–water partition coefficient (Wildman–Crippen LogP) is 2.37. The van der Waals surface area contributed by atoms with Gasteiger partial charge in [-0.05, 0) is 45.1 Å². The Labute approximate surface area is 147 Å². The number of rotatable bonds is 9. The zero-order chi connectivity index (χ0) is 17.5. The predicted molar refractivity (Wildman–Crippen MR) is 102 cm³/mol. The number of hydrogen-bond donors (Lipinski definition) is 3. The Kier molecular flexibility index (Phi) is 5.79. The number of benzene rings is 1. The van der Waals surface area contributed by atoms with Gasteiger partial charge in [-0.1, -0.05) is 18.2 Å². The van der Waals surface area contributed by atoms with Crippen LogP contribution in [0.1, 0.15) is 12.0 Å². The summed E-state index contributed by atoms with van der Waals surface area (Å²) < 4.78 is 0. The molecule has 0 radical (unpaired) electrons. The molecule has 0 aliphatic rings. The first-order valence-electron chi connectivity index (χ1n) is 8.59. The summed E-state index contributed by atoms with van der Waals surface area (Å²) in [5, 5.41) is 15.9. The number of fused-ring (bicyclic) bond motifs is 1. The molecule has 25 heavy (non-hydrogen) atoms.